The quantitative estimate of drug-likeness (QED) is 0.256. The summed E-state index contributed by atoms with van der Waals surface area (Å²) in [5.74, 6) is 1.55. The van der Waals surface area contributed by atoms with E-state index in [2.05, 4.69) is 41.2 Å². The number of halogens is 2. The summed E-state index contributed by atoms with van der Waals surface area (Å²) in [7, 11) is 0. The van der Waals surface area contributed by atoms with Gasteiger partial charge in [0.2, 0.25) is 9.92 Å². The number of fused-ring (bicyclic) bond motifs is 2. The standard InChI is InChI=1S/C22H18Cl2N10S2/c23-13-1-5-15(6-2-13)25-11-19-31-33-17(27-29-21(33)35-19)9-10-18-28-30-22-34(18)32-20(36-22)12-26-16-7-3-14(24)4-8-16/h1-8,25-26H,9-12H2. The van der Waals surface area contributed by atoms with Gasteiger partial charge in [-0.05, 0) is 48.5 Å². The van der Waals surface area contributed by atoms with Gasteiger partial charge in [-0.2, -0.15) is 19.2 Å². The number of benzene rings is 2. The predicted octanol–water partition coefficient (Wildman–Crippen LogP) is 5.00. The highest BCUT2D eigenvalue weighted by Gasteiger charge is 2.16. The monoisotopic (exact) mass is 556 g/mol. The van der Waals surface area contributed by atoms with Crippen molar-refractivity contribution in [2.24, 2.45) is 0 Å². The molecule has 0 saturated heterocycles. The lowest BCUT2D eigenvalue weighted by Gasteiger charge is -2.03. The van der Waals surface area contributed by atoms with Gasteiger partial charge in [-0.25, -0.2) is 0 Å². The van der Waals surface area contributed by atoms with E-state index in [1.165, 1.54) is 22.7 Å². The van der Waals surface area contributed by atoms with Gasteiger partial charge < -0.3 is 10.6 Å². The summed E-state index contributed by atoms with van der Waals surface area (Å²) in [4.78, 5) is 1.52. The summed E-state index contributed by atoms with van der Waals surface area (Å²) < 4.78 is 3.59. The number of anilines is 2. The SMILES string of the molecule is Clc1ccc(NCc2nn3c(CCc4nnc5sc(CNc6ccc(Cl)cc6)nn45)nnc3s2)cc1. The summed E-state index contributed by atoms with van der Waals surface area (Å²) in [6.45, 7) is 1.18. The van der Waals surface area contributed by atoms with Gasteiger partial charge in [-0.1, -0.05) is 45.9 Å². The Balaban J connectivity index is 1.10. The van der Waals surface area contributed by atoms with E-state index in [4.69, 9.17) is 23.2 Å². The van der Waals surface area contributed by atoms with Crippen molar-refractivity contribution < 1.29 is 0 Å². The molecule has 0 aliphatic carbocycles. The first-order valence-corrected chi connectivity index (χ1v) is 13.4. The second-order valence-corrected chi connectivity index (χ2v) is 10.8. The zero-order valence-corrected chi connectivity index (χ0v) is 21.7. The summed E-state index contributed by atoms with van der Waals surface area (Å²) >= 11 is 14.9. The van der Waals surface area contributed by atoms with Crippen LogP contribution in [0.5, 0.6) is 0 Å². The Labute approximate surface area is 222 Å². The van der Waals surface area contributed by atoms with Crippen LogP contribution in [0.3, 0.4) is 0 Å². The van der Waals surface area contributed by atoms with Crippen LogP contribution in [0.15, 0.2) is 48.5 Å². The molecule has 6 aromatic rings. The van der Waals surface area contributed by atoms with Crippen molar-refractivity contribution in [2.75, 3.05) is 10.6 Å². The Hall–Kier alpha value is -3.32. The van der Waals surface area contributed by atoms with Crippen LogP contribution in [-0.4, -0.2) is 39.6 Å². The van der Waals surface area contributed by atoms with E-state index in [-0.39, 0.29) is 0 Å². The number of aryl methyl sites for hydroxylation is 2. The van der Waals surface area contributed by atoms with Crippen LogP contribution >= 0.6 is 45.9 Å². The van der Waals surface area contributed by atoms with Crippen molar-refractivity contribution in [1.29, 1.82) is 0 Å². The highest BCUT2D eigenvalue weighted by molar-refractivity contribution is 7.17. The largest absolute Gasteiger partial charge is 0.378 e. The Morgan fingerprint density at radius 2 is 1.03 bits per heavy atom. The molecule has 36 heavy (non-hydrogen) atoms. The van der Waals surface area contributed by atoms with Gasteiger partial charge in [0.1, 0.15) is 10.0 Å². The minimum atomic E-state index is 0.589. The molecule has 182 valence electrons. The van der Waals surface area contributed by atoms with Crippen molar-refractivity contribution in [1.82, 2.24) is 39.6 Å². The number of hydrogen-bond acceptors (Lipinski definition) is 10. The molecular weight excluding hydrogens is 539 g/mol. The van der Waals surface area contributed by atoms with Crippen molar-refractivity contribution >= 4 is 67.2 Å². The average molecular weight is 557 g/mol. The van der Waals surface area contributed by atoms with Gasteiger partial charge in [0.15, 0.2) is 11.6 Å². The van der Waals surface area contributed by atoms with E-state index in [0.29, 0.717) is 36.0 Å². The normalized spacial score (nSPS) is 11.5. The fourth-order valence-electron chi connectivity index (χ4n) is 3.56. The van der Waals surface area contributed by atoms with Crippen LogP contribution in [0.2, 0.25) is 10.0 Å². The molecule has 0 unspecified atom stereocenters. The lowest BCUT2D eigenvalue weighted by molar-refractivity contribution is 0.727. The molecule has 6 rings (SSSR count). The fraction of sp³-hybridized carbons (Fsp3) is 0.182. The van der Waals surface area contributed by atoms with E-state index >= 15 is 0 Å². The zero-order valence-electron chi connectivity index (χ0n) is 18.6. The molecule has 0 fully saturated rings. The van der Waals surface area contributed by atoms with Crippen LogP contribution < -0.4 is 10.6 Å². The smallest absolute Gasteiger partial charge is 0.234 e. The molecule has 0 spiro atoms. The zero-order chi connectivity index (χ0) is 24.5. The highest BCUT2D eigenvalue weighted by atomic mass is 35.5. The molecule has 0 aliphatic rings. The summed E-state index contributed by atoms with van der Waals surface area (Å²) in [5.41, 5.74) is 1.96. The molecule has 0 radical (unpaired) electrons. The van der Waals surface area contributed by atoms with E-state index in [1.54, 1.807) is 9.03 Å². The topological polar surface area (TPSA) is 110 Å². The van der Waals surface area contributed by atoms with E-state index in [1.807, 2.05) is 48.5 Å². The molecular formula is C22H18Cl2N10S2. The van der Waals surface area contributed by atoms with E-state index in [9.17, 15) is 0 Å². The molecule has 0 saturated carbocycles. The molecule has 10 nitrogen and oxygen atoms in total. The number of rotatable bonds is 9. The summed E-state index contributed by atoms with van der Waals surface area (Å²) in [6.07, 6.45) is 1.23. The van der Waals surface area contributed by atoms with Crippen molar-refractivity contribution in [2.45, 2.75) is 25.9 Å². The van der Waals surface area contributed by atoms with Gasteiger partial charge in [0.05, 0.1) is 13.1 Å². The van der Waals surface area contributed by atoms with E-state index in [0.717, 1.165) is 43.0 Å². The number of nitrogens with one attached hydrogen (secondary N) is 2. The predicted molar refractivity (Wildman–Crippen MR) is 142 cm³/mol. The third kappa shape index (κ3) is 4.98. The molecule has 4 aromatic heterocycles. The second-order valence-electron chi connectivity index (χ2n) is 7.83. The summed E-state index contributed by atoms with van der Waals surface area (Å²) in [5, 5.41) is 36.5. The first-order valence-electron chi connectivity index (χ1n) is 11.0. The molecule has 0 aliphatic heterocycles. The van der Waals surface area contributed by atoms with Crippen LogP contribution in [0.1, 0.15) is 21.7 Å². The lowest BCUT2D eigenvalue weighted by Crippen LogP contribution is -2.05. The van der Waals surface area contributed by atoms with Crippen LogP contribution in [-0.2, 0) is 25.9 Å². The van der Waals surface area contributed by atoms with Crippen LogP contribution in [0.4, 0.5) is 11.4 Å². The molecule has 0 bridgehead atoms. The number of hydrogen-bond donors (Lipinski definition) is 2. The molecule has 4 heterocycles. The Bertz CT molecular complexity index is 1500. The third-order valence-electron chi connectivity index (χ3n) is 5.34. The minimum Gasteiger partial charge on any atom is -0.378 e. The molecule has 2 N–H and O–H groups in total. The minimum absolute atomic E-state index is 0.589. The number of aromatic nitrogens is 8. The van der Waals surface area contributed by atoms with Gasteiger partial charge in [-0.15, -0.1) is 20.4 Å². The van der Waals surface area contributed by atoms with Crippen molar-refractivity contribution in [3.63, 3.8) is 0 Å². The second kappa shape index (κ2) is 9.97. The highest BCUT2D eigenvalue weighted by Crippen LogP contribution is 2.20. The van der Waals surface area contributed by atoms with Crippen LogP contribution in [0.25, 0.3) is 9.92 Å². The van der Waals surface area contributed by atoms with Gasteiger partial charge in [0, 0.05) is 34.3 Å². The first kappa shape index (κ1) is 23.1. The van der Waals surface area contributed by atoms with Gasteiger partial charge in [-0.3, -0.25) is 0 Å². The molecule has 14 heteroatoms. The Kier molecular flexibility index (Phi) is 6.40. The Morgan fingerprint density at radius 1 is 0.611 bits per heavy atom. The maximum Gasteiger partial charge on any atom is 0.234 e. The number of nitrogens with zero attached hydrogens (tertiary/aromatic N) is 8. The summed E-state index contributed by atoms with van der Waals surface area (Å²) in [6, 6.07) is 15.1. The Morgan fingerprint density at radius 3 is 1.44 bits per heavy atom. The van der Waals surface area contributed by atoms with Gasteiger partial charge >= 0.3 is 0 Å². The average Bonchev–Trinajstić information content (AvgIpc) is 3.64. The maximum absolute atomic E-state index is 5.95. The van der Waals surface area contributed by atoms with Crippen molar-refractivity contribution in [3.05, 3.63) is 80.2 Å². The third-order valence-corrected chi connectivity index (χ3v) is 7.64. The molecule has 2 aromatic carbocycles. The van der Waals surface area contributed by atoms with Gasteiger partial charge in [0.25, 0.3) is 0 Å². The van der Waals surface area contributed by atoms with Crippen LogP contribution in [0, 0.1) is 0 Å². The lowest BCUT2D eigenvalue weighted by atomic mass is 10.3. The molecule has 0 amide bonds. The van der Waals surface area contributed by atoms with Crippen molar-refractivity contribution in [3.8, 4) is 0 Å². The van der Waals surface area contributed by atoms with E-state index < -0.39 is 0 Å². The maximum atomic E-state index is 5.95. The first-order chi connectivity index (χ1) is 17.6. The fourth-order valence-corrected chi connectivity index (χ4v) is 5.40. The molecule has 0 atom stereocenters.